The molecular formula is C30H14F6N4O8S6. The zero-order chi connectivity index (χ0) is 39.5. The van der Waals surface area contributed by atoms with Crippen LogP contribution in [0.5, 0.6) is 0 Å². The lowest BCUT2D eigenvalue weighted by Gasteiger charge is -2.25. The molecule has 0 N–H and O–H groups in total. The van der Waals surface area contributed by atoms with Crippen LogP contribution >= 0.6 is 69.3 Å². The minimum absolute atomic E-state index is 0.0385. The lowest BCUT2D eigenvalue weighted by molar-refractivity contribution is -0.380. The molecule has 5 aromatic heterocycles. The summed E-state index contributed by atoms with van der Waals surface area (Å²) in [4.78, 5) is 42.1. The Labute approximate surface area is 321 Å². The lowest BCUT2D eigenvalue weighted by Crippen LogP contribution is -2.49. The van der Waals surface area contributed by atoms with Crippen LogP contribution in [0.2, 0.25) is 0 Å². The molecule has 1 aliphatic rings. The van der Waals surface area contributed by atoms with Crippen LogP contribution in [0.25, 0.3) is 31.9 Å². The standard InChI is InChI=1S/C30H14F6N4O8S6/c31-28(32)16(2-3-17(49)19-5-9-24(52-19)39(45)46)26(29(33,34)30(28,35)36)15-12-21(20-6-10-25(53-20)40(47)48)54-27(15)14(18-4-8-23(51-18)38(43)44)11-13-1-7-22(50-13)37(41)42/h1,3-12,49H,2H2/b14-11+,17-3-. The molecule has 54 heavy (non-hydrogen) atoms. The fourth-order valence-electron chi connectivity index (χ4n) is 5.25. The first-order valence-corrected chi connectivity index (χ1v) is 18.9. The lowest BCUT2D eigenvalue weighted by atomic mass is 9.94. The molecule has 0 aromatic carbocycles. The molecule has 0 fully saturated rings. The molecule has 1 aliphatic carbocycles. The largest absolute Gasteiger partial charge is 0.380 e. The first-order valence-electron chi connectivity index (χ1n) is 14.4. The number of halogens is 6. The summed E-state index contributed by atoms with van der Waals surface area (Å²) in [7, 11) is 0. The van der Waals surface area contributed by atoms with Crippen LogP contribution in [0.4, 0.5) is 46.3 Å². The summed E-state index contributed by atoms with van der Waals surface area (Å²) < 4.78 is 94.3. The van der Waals surface area contributed by atoms with Crippen LogP contribution in [-0.2, 0) is 0 Å². The van der Waals surface area contributed by atoms with E-state index < -0.39 is 75.5 Å². The van der Waals surface area contributed by atoms with Crippen LogP contribution < -0.4 is 0 Å². The van der Waals surface area contributed by atoms with Gasteiger partial charge in [0.1, 0.15) is 0 Å². The molecule has 0 saturated heterocycles. The maximum Gasteiger partial charge on any atom is 0.380 e. The smallest absolute Gasteiger partial charge is 0.258 e. The summed E-state index contributed by atoms with van der Waals surface area (Å²) in [6, 6.07) is 10.1. The molecule has 5 heterocycles. The van der Waals surface area contributed by atoms with Gasteiger partial charge in [-0.25, -0.2) is 0 Å². The van der Waals surface area contributed by atoms with Crippen molar-refractivity contribution in [3.05, 3.63) is 132 Å². The molecule has 0 saturated carbocycles. The van der Waals surface area contributed by atoms with E-state index >= 15 is 26.3 Å². The summed E-state index contributed by atoms with van der Waals surface area (Å²) in [5, 5.41) is 44.1. The van der Waals surface area contributed by atoms with Crippen molar-refractivity contribution in [2.24, 2.45) is 0 Å². The van der Waals surface area contributed by atoms with E-state index in [0.29, 0.717) is 56.7 Å². The van der Waals surface area contributed by atoms with Gasteiger partial charge in [0.05, 0.1) is 24.6 Å². The van der Waals surface area contributed by atoms with Crippen molar-refractivity contribution < 1.29 is 46.0 Å². The van der Waals surface area contributed by atoms with Gasteiger partial charge >= 0.3 is 37.8 Å². The number of thiophene rings is 5. The minimum Gasteiger partial charge on any atom is -0.258 e. The van der Waals surface area contributed by atoms with Crippen molar-refractivity contribution in [2.75, 3.05) is 0 Å². The van der Waals surface area contributed by atoms with Gasteiger partial charge in [-0.1, -0.05) is 51.4 Å². The second kappa shape index (κ2) is 14.2. The van der Waals surface area contributed by atoms with Crippen LogP contribution in [-0.4, -0.2) is 37.5 Å². The maximum absolute atomic E-state index is 16.1. The number of alkyl halides is 6. The van der Waals surface area contributed by atoms with Gasteiger partial charge in [-0.2, -0.15) is 26.3 Å². The van der Waals surface area contributed by atoms with E-state index in [1.54, 1.807) is 0 Å². The highest BCUT2D eigenvalue weighted by Crippen LogP contribution is 2.64. The molecule has 0 amide bonds. The van der Waals surface area contributed by atoms with Crippen LogP contribution in [0.1, 0.15) is 31.5 Å². The third-order valence-electron chi connectivity index (χ3n) is 7.68. The number of hydrogen-bond acceptors (Lipinski definition) is 14. The Morgan fingerprint density at radius 2 is 1.17 bits per heavy atom. The predicted octanol–water partition coefficient (Wildman–Crippen LogP) is 11.9. The number of nitro groups is 4. The van der Waals surface area contributed by atoms with E-state index in [1.165, 1.54) is 30.3 Å². The minimum atomic E-state index is -6.00. The second-order valence-electron chi connectivity index (χ2n) is 10.9. The molecule has 5 aromatic rings. The second-order valence-corrected chi connectivity index (χ2v) is 16.7. The molecule has 24 heteroatoms. The average Bonchev–Trinajstić information content (AvgIpc) is 3.93. The third kappa shape index (κ3) is 6.76. The highest BCUT2D eigenvalue weighted by atomic mass is 32.1. The molecule has 0 unspecified atom stereocenters. The number of thiol groups is 1. The van der Waals surface area contributed by atoms with Crippen molar-refractivity contribution in [1.82, 2.24) is 0 Å². The predicted molar refractivity (Wildman–Crippen MR) is 198 cm³/mol. The maximum atomic E-state index is 16.1. The molecule has 0 radical (unpaired) electrons. The fraction of sp³-hybridized carbons (Fsp3) is 0.133. The molecule has 0 bridgehead atoms. The topological polar surface area (TPSA) is 173 Å². The Morgan fingerprint density at radius 3 is 1.72 bits per heavy atom. The van der Waals surface area contributed by atoms with Gasteiger partial charge in [0.15, 0.2) is 0 Å². The zero-order valence-corrected chi connectivity index (χ0v) is 30.8. The van der Waals surface area contributed by atoms with E-state index in [1.807, 2.05) is 0 Å². The van der Waals surface area contributed by atoms with Gasteiger partial charge in [-0.3, -0.25) is 40.5 Å². The Balaban J connectivity index is 1.65. The van der Waals surface area contributed by atoms with Gasteiger partial charge in [-0.15, -0.1) is 24.0 Å². The van der Waals surface area contributed by atoms with Crippen LogP contribution in [0.15, 0.2) is 66.2 Å². The number of rotatable bonds is 12. The van der Waals surface area contributed by atoms with E-state index in [-0.39, 0.29) is 44.9 Å². The van der Waals surface area contributed by atoms with Crippen molar-refractivity contribution in [3.63, 3.8) is 0 Å². The highest BCUT2D eigenvalue weighted by Gasteiger charge is 2.80. The highest BCUT2D eigenvalue weighted by molar-refractivity contribution is 7.90. The van der Waals surface area contributed by atoms with Crippen molar-refractivity contribution in [3.8, 4) is 9.75 Å². The van der Waals surface area contributed by atoms with Crippen LogP contribution in [0, 0.1) is 40.5 Å². The Morgan fingerprint density at radius 1 is 0.648 bits per heavy atom. The Bertz CT molecular complexity index is 2480. The molecule has 0 spiro atoms. The van der Waals surface area contributed by atoms with Crippen LogP contribution in [0.3, 0.4) is 0 Å². The average molecular weight is 865 g/mol. The van der Waals surface area contributed by atoms with Gasteiger partial charge in [-0.05, 0) is 42.8 Å². The van der Waals surface area contributed by atoms with Gasteiger partial charge in [0.25, 0.3) is 0 Å². The fourth-order valence-corrected chi connectivity index (χ4v) is 10.1. The number of nitrogens with zero attached hydrogens (tertiary/aromatic N) is 4. The van der Waals surface area contributed by atoms with Gasteiger partial charge < -0.3 is 0 Å². The summed E-state index contributed by atoms with van der Waals surface area (Å²) in [6.45, 7) is 0. The summed E-state index contributed by atoms with van der Waals surface area (Å²) in [5.41, 5.74) is -4.59. The Hall–Kier alpha value is -4.75. The Kier molecular flexibility index (Phi) is 10.2. The molecule has 12 nitrogen and oxygen atoms in total. The summed E-state index contributed by atoms with van der Waals surface area (Å²) in [6.07, 6.45) is 0.759. The molecule has 6 rings (SSSR count). The van der Waals surface area contributed by atoms with Crippen molar-refractivity contribution in [2.45, 2.75) is 24.2 Å². The number of allylic oxidation sites excluding steroid dienone is 3. The first-order chi connectivity index (χ1) is 25.2. The molecular weight excluding hydrogens is 851 g/mol. The van der Waals surface area contributed by atoms with Gasteiger partial charge in [0, 0.05) is 75.8 Å². The summed E-state index contributed by atoms with van der Waals surface area (Å²) in [5.74, 6) is -17.1. The van der Waals surface area contributed by atoms with Gasteiger partial charge in [0.2, 0.25) is 0 Å². The SMILES string of the molecule is O=[N+]([O-])c1ccc(/C=C(\c2ccc([N+](=O)[O-])s2)c2sc(-c3ccc([N+](=O)[O-])s3)cc2C2=C(C/C=C(\S)c3ccc([N+](=O)[O-])s3)C(F)(F)C(F)(F)C2(F)F)s1. The van der Waals surface area contributed by atoms with E-state index in [4.69, 9.17) is 0 Å². The monoisotopic (exact) mass is 864 g/mol. The third-order valence-corrected chi connectivity index (χ3v) is 13.8. The van der Waals surface area contributed by atoms with Crippen molar-refractivity contribution >= 4 is 111 Å². The van der Waals surface area contributed by atoms with Crippen molar-refractivity contribution in [1.29, 1.82) is 0 Å². The quantitative estimate of drug-likeness (QED) is 0.0558. The summed E-state index contributed by atoms with van der Waals surface area (Å²) >= 11 is 6.97. The number of hydrogen-bond donors (Lipinski definition) is 1. The first kappa shape index (κ1) is 39.0. The molecule has 0 aliphatic heterocycles. The van der Waals surface area contributed by atoms with E-state index in [9.17, 15) is 40.5 Å². The zero-order valence-electron chi connectivity index (χ0n) is 25.9. The van der Waals surface area contributed by atoms with E-state index in [0.717, 1.165) is 36.4 Å². The molecule has 280 valence electrons. The normalized spacial score (nSPS) is 16.6. The molecule has 0 atom stereocenters. The van der Waals surface area contributed by atoms with E-state index in [2.05, 4.69) is 12.6 Å².